The Balaban J connectivity index is 1.91. The van der Waals surface area contributed by atoms with E-state index in [1.807, 2.05) is 0 Å². The normalized spacial score (nSPS) is 19.7. The van der Waals surface area contributed by atoms with Crippen molar-refractivity contribution in [2.24, 2.45) is 12.7 Å². The van der Waals surface area contributed by atoms with Crippen LogP contribution in [-0.2, 0) is 28.4 Å². The van der Waals surface area contributed by atoms with Crippen molar-refractivity contribution >= 4 is 34.5 Å². The number of anilines is 2. The van der Waals surface area contributed by atoms with Gasteiger partial charge in [0, 0.05) is 23.9 Å². The molecule has 0 spiro atoms. The summed E-state index contributed by atoms with van der Waals surface area (Å²) in [6, 6.07) is 0. The zero-order valence-corrected chi connectivity index (χ0v) is 17.7. The molecule has 0 fully saturated rings. The van der Waals surface area contributed by atoms with Gasteiger partial charge >= 0.3 is 12.1 Å². The largest absolute Gasteiger partial charge is 0.453 e. The Hall–Kier alpha value is -3.98. The van der Waals surface area contributed by atoms with Crippen molar-refractivity contribution in [1.82, 2.24) is 29.7 Å². The molecule has 1 aliphatic heterocycles. The number of primary amides is 1. The Bertz CT molecular complexity index is 1470. The van der Waals surface area contributed by atoms with E-state index in [2.05, 4.69) is 30.4 Å². The van der Waals surface area contributed by atoms with Gasteiger partial charge in [0.05, 0.1) is 17.1 Å². The molecule has 2 amide bonds. The number of nitrogens with two attached hydrogens (primary N) is 2. The summed E-state index contributed by atoms with van der Waals surface area (Å²) in [7, 11) is 0. The molecule has 35 heavy (non-hydrogen) atoms. The Labute approximate surface area is 197 Å². The molecule has 4 heterocycles. The molecular formula is C19H18F5N9O2. The fraction of sp³-hybridized carbons (Fsp3) is 0.421. The van der Waals surface area contributed by atoms with Crippen LogP contribution < -0.4 is 16.8 Å². The van der Waals surface area contributed by atoms with Gasteiger partial charge in [-0.3, -0.25) is 14.3 Å². The lowest BCUT2D eigenvalue weighted by molar-refractivity contribution is -0.284. The van der Waals surface area contributed by atoms with Crippen molar-refractivity contribution < 1.29 is 35.7 Å². The standard InChI is InChI=1S/C19H18F5N9O2/c1-3-17(15(26)34)9-11(25)30-13(31-12(9)32-16(17)35)10-7-6-27-33(2)14(7)29-8(28-10)4-5-18(20,21)19(22,23)24/h6H,3-5H2,1-2H3,(H2,26,34)(H3,25,30,31,32,35)/i2D3. The van der Waals surface area contributed by atoms with Crippen LogP contribution in [0.4, 0.5) is 33.6 Å². The number of carbonyl (C=O) groups excluding carboxylic acids is 2. The first kappa shape index (κ1) is 20.4. The van der Waals surface area contributed by atoms with Gasteiger partial charge in [-0.15, -0.1) is 0 Å². The zero-order chi connectivity index (χ0) is 28.4. The van der Waals surface area contributed by atoms with Gasteiger partial charge in [-0.05, 0) is 6.42 Å². The SMILES string of the molecule is [2H]C([2H])([2H])n1ncc2c(-c3nc(N)c4c(n3)NC(=O)C4(CC)C(N)=O)nc(CCC(F)(F)C(F)(F)F)nc21. The van der Waals surface area contributed by atoms with E-state index < -0.39 is 60.6 Å². The summed E-state index contributed by atoms with van der Waals surface area (Å²) < 4.78 is 88.5. The molecule has 1 aliphatic rings. The third-order valence-corrected chi connectivity index (χ3v) is 5.70. The fourth-order valence-corrected chi connectivity index (χ4v) is 3.82. The number of halogens is 5. The highest BCUT2D eigenvalue weighted by Gasteiger charge is 2.57. The molecule has 11 nitrogen and oxygen atoms in total. The minimum atomic E-state index is -5.83. The lowest BCUT2D eigenvalue weighted by Crippen LogP contribution is -2.46. The highest BCUT2D eigenvalue weighted by molar-refractivity contribution is 6.20. The van der Waals surface area contributed by atoms with Gasteiger partial charge in [0.25, 0.3) is 0 Å². The van der Waals surface area contributed by atoms with Gasteiger partial charge in [0.1, 0.15) is 23.2 Å². The molecule has 16 heteroatoms. The molecule has 3 aromatic rings. The van der Waals surface area contributed by atoms with Crippen LogP contribution in [0.25, 0.3) is 22.6 Å². The third-order valence-electron chi connectivity index (χ3n) is 5.70. The Morgan fingerprint density at radius 1 is 1.23 bits per heavy atom. The summed E-state index contributed by atoms with van der Waals surface area (Å²) in [5.74, 6) is -8.46. The second-order valence-corrected chi connectivity index (χ2v) is 7.72. The lowest BCUT2D eigenvalue weighted by Gasteiger charge is -2.22. The molecule has 0 aliphatic carbocycles. The number of hydrogen-bond acceptors (Lipinski definition) is 8. The van der Waals surface area contributed by atoms with Crippen molar-refractivity contribution in [2.45, 2.75) is 43.7 Å². The number of amides is 2. The molecule has 1 unspecified atom stereocenters. The minimum absolute atomic E-state index is 0.0885. The molecule has 5 N–H and O–H groups in total. The first-order valence-corrected chi connectivity index (χ1v) is 9.93. The van der Waals surface area contributed by atoms with Crippen molar-refractivity contribution in [2.75, 3.05) is 11.1 Å². The Morgan fingerprint density at radius 2 is 1.94 bits per heavy atom. The van der Waals surface area contributed by atoms with Crippen molar-refractivity contribution in [3.05, 3.63) is 17.6 Å². The maximum atomic E-state index is 13.6. The highest BCUT2D eigenvalue weighted by atomic mass is 19.4. The molecule has 186 valence electrons. The Morgan fingerprint density at radius 3 is 2.54 bits per heavy atom. The number of rotatable bonds is 6. The van der Waals surface area contributed by atoms with E-state index in [0.29, 0.717) is 4.68 Å². The summed E-state index contributed by atoms with van der Waals surface area (Å²) >= 11 is 0. The molecule has 0 aromatic carbocycles. The predicted octanol–water partition coefficient (Wildman–Crippen LogP) is 1.62. The number of nitrogen functional groups attached to an aromatic ring is 1. The maximum Gasteiger partial charge on any atom is 0.453 e. The maximum absolute atomic E-state index is 13.6. The molecule has 0 radical (unpaired) electrons. The lowest BCUT2D eigenvalue weighted by atomic mass is 9.79. The van der Waals surface area contributed by atoms with Gasteiger partial charge in [0.15, 0.2) is 16.9 Å². The van der Waals surface area contributed by atoms with Crippen LogP contribution in [0.1, 0.15) is 35.3 Å². The van der Waals surface area contributed by atoms with E-state index in [9.17, 15) is 31.5 Å². The first-order chi connectivity index (χ1) is 17.4. The summed E-state index contributed by atoms with van der Waals surface area (Å²) in [6.45, 7) is -1.40. The van der Waals surface area contributed by atoms with Gasteiger partial charge in [-0.2, -0.15) is 27.1 Å². The molecule has 0 bridgehead atoms. The number of aryl methyl sites for hydroxylation is 2. The number of carbonyl (C=O) groups is 2. The van der Waals surface area contributed by atoms with Gasteiger partial charge in [-0.1, -0.05) is 6.92 Å². The summed E-state index contributed by atoms with van der Waals surface area (Å²) in [6.07, 6.45) is -7.66. The van der Waals surface area contributed by atoms with Gasteiger partial charge in [0.2, 0.25) is 11.8 Å². The summed E-state index contributed by atoms with van der Waals surface area (Å²) in [5, 5.41) is 5.99. The first-order valence-electron chi connectivity index (χ1n) is 11.4. The van der Waals surface area contributed by atoms with Crippen LogP contribution in [-0.4, -0.2) is 53.6 Å². The third kappa shape index (κ3) is 3.59. The number of fused-ring (bicyclic) bond motifs is 2. The second-order valence-electron chi connectivity index (χ2n) is 7.72. The summed E-state index contributed by atoms with van der Waals surface area (Å²) in [5.41, 5.74) is 8.80. The van der Waals surface area contributed by atoms with Crippen LogP contribution >= 0.6 is 0 Å². The fourth-order valence-electron chi connectivity index (χ4n) is 3.82. The van der Waals surface area contributed by atoms with Crippen molar-refractivity contribution in [3.8, 4) is 11.5 Å². The smallest absolute Gasteiger partial charge is 0.383 e. The molecule has 0 saturated heterocycles. The zero-order valence-electron chi connectivity index (χ0n) is 20.7. The molecule has 4 rings (SSSR count). The molecule has 0 saturated carbocycles. The number of nitrogens with one attached hydrogen (secondary N) is 1. The number of alkyl halides is 5. The molecule has 3 aromatic heterocycles. The number of hydrogen-bond donors (Lipinski definition) is 3. The number of nitrogens with zero attached hydrogens (tertiary/aromatic N) is 6. The van der Waals surface area contributed by atoms with Crippen LogP contribution in [0.5, 0.6) is 0 Å². The van der Waals surface area contributed by atoms with E-state index in [1.165, 1.54) is 6.92 Å². The average Bonchev–Trinajstić information content (AvgIpc) is 3.35. The van der Waals surface area contributed by atoms with Gasteiger partial charge in [-0.25, -0.2) is 19.9 Å². The molecular weight excluding hydrogens is 481 g/mol. The highest BCUT2D eigenvalue weighted by Crippen LogP contribution is 2.43. The minimum Gasteiger partial charge on any atom is -0.383 e. The molecule has 1 atom stereocenters. The van der Waals surface area contributed by atoms with E-state index >= 15 is 0 Å². The van der Waals surface area contributed by atoms with E-state index in [1.54, 1.807) is 0 Å². The summed E-state index contributed by atoms with van der Waals surface area (Å²) in [4.78, 5) is 40.9. The average molecular weight is 502 g/mol. The predicted molar refractivity (Wildman–Crippen MR) is 111 cm³/mol. The van der Waals surface area contributed by atoms with Gasteiger partial charge < -0.3 is 16.8 Å². The van der Waals surface area contributed by atoms with Crippen LogP contribution in [0.15, 0.2) is 6.20 Å². The number of aromatic nitrogens is 6. The Kier molecular flexibility index (Phi) is 4.53. The van der Waals surface area contributed by atoms with Crippen molar-refractivity contribution in [3.63, 3.8) is 0 Å². The van der Waals surface area contributed by atoms with E-state index in [-0.39, 0.29) is 40.5 Å². The second kappa shape index (κ2) is 7.78. The van der Waals surface area contributed by atoms with E-state index in [0.717, 1.165) is 6.20 Å². The van der Waals surface area contributed by atoms with Crippen LogP contribution in [0, 0.1) is 0 Å². The van der Waals surface area contributed by atoms with Crippen LogP contribution in [0.3, 0.4) is 0 Å². The topological polar surface area (TPSA) is 168 Å². The quantitative estimate of drug-likeness (QED) is 0.338. The van der Waals surface area contributed by atoms with Crippen LogP contribution in [0.2, 0.25) is 0 Å². The van der Waals surface area contributed by atoms with E-state index in [4.69, 9.17) is 15.6 Å². The van der Waals surface area contributed by atoms with Crippen molar-refractivity contribution in [1.29, 1.82) is 0 Å². The monoisotopic (exact) mass is 502 g/mol.